The molecule has 8 nitrogen and oxygen atoms in total. The van der Waals surface area contributed by atoms with Crippen molar-refractivity contribution in [3.05, 3.63) is 36.2 Å². The van der Waals surface area contributed by atoms with Gasteiger partial charge in [0.15, 0.2) is 11.5 Å². The average Bonchev–Trinajstić information content (AvgIpc) is 2.87. The number of aromatic nitrogens is 4. The summed E-state index contributed by atoms with van der Waals surface area (Å²) < 4.78 is 0. The molecule has 3 rings (SSSR count). The highest BCUT2D eigenvalue weighted by Gasteiger charge is 2.09. The van der Waals surface area contributed by atoms with Crippen molar-refractivity contribution in [2.45, 2.75) is 0 Å². The van der Waals surface area contributed by atoms with E-state index in [1.807, 2.05) is 0 Å². The van der Waals surface area contributed by atoms with Crippen molar-refractivity contribution in [1.29, 1.82) is 0 Å². The van der Waals surface area contributed by atoms with Gasteiger partial charge in [0, 0.05) is 11.3 Å². The molecule has 0 saturated heterocycles. The number of nitrogens with one attached hydrogen (secondary N) is 2. The predicted octanol–water partition coefficient (Wildman–Crippen LogP) is 0.778. The number of carbonyl (C=O) groups excluding carboxylic acids is 1. The van der Waals surface area contributed by atoms with Gasteiger partial charge in [-0.1, -0.05) is 6.07 Å². The van der Waals surface area contributed by atoms with Gasteiger partial charge < -0.3 is 21.8 Å². The monoisotopic (exact) mass is 269 g/mol. The molecule has 0 aliphatic heterocycles. The van der Waals surface area contributed by atoms with Crippen LogP contribution in [-0.2, 0) is 0 Å². The lowest BCUT2D eigenvalue weighted by atomic mass is 10.2. The molecule has 0 atom stereocenters. The van der Waals surface area contributed by atoms with Gasteiger partial charge in [-0.25, -0.2) is 4.98 Å². The summed E-state index contributed by atoms with van der Waals surface area (Å²) in [6.07, 6.45) is 1.50. The van der Waals surface area contributed by atoms with Crippen LogP contribution in [0.4, 0.5) is 17.5 Å². The Morgan fingerprint density at radius 2 is 2.15 bits per heavy atom. The molecule has 0 aliphatic rings. The summed E-state index contributed by atoms with van der Waals surface area (Å²) >= 11 is 0. The SMILES string of the molecule is NC(=O)c1cccc(Nc2nc(N)nc3nc[nH]c23)c1. The minimum Gasteiger partial charge on any atom is -0.368 e. The van der Waals surface area contributed by atoms with E-state index in [0.717, 1.165) is 0 Å². The summed E-state index contributed by atoms with van der Waals surface area (Å²) in [5, 5.41) is 3.06. The van der Waals surface area contributed by atoms with E-state index in [9.17, 15) is 4.79 Å². The molecule has 20 heavy (non-hydrogen) atoms. The van der Waals surface area contributed by atoms with E-state index in [4.69, 9.17) is 11.5 Å². The fourth-order valence-corrected chi connectivity index (χ4v) is 1.83. The summed E-state index contributed by atoms with van der Waals surface area (Å²) in [5.41, 5.74) is 13.0. The van der Waals surface area contributed by atoms with Crippen LogP contribution in [-0.4, -0.2) is 25.8 Å². The first kappa shape index (κ1) is 11.9. The molecule has 0 aliphatic carbocycles. The number of rotatable bonds is 3. The number of carbonyl (C=O) groups is 1. The van der Waals surface area contributed by atoms with Gasteiger partial charge in [-0.2, -0.15) is 9.97 Å². The van der Waals surface area contributed by atoms with Gasteiger partial charge in [-0.15, -0.1) is 0 Å². The quantitative estimate of drug-likeness (QED) is 0.554. The smallest absolute Gasteiger partial charge is 0.248 e. The molecule has 2 aromatic heterocycles. The highest BCUT2D eigenvalue weighted by molar-refractivity contribution is 5.94. The first-order valence-electron chi connectivity index (χ1n) is 5.77. The van der Waals surface area contributed by atoms with Crippen molar-refractivity contribution in [3.8, 4) is 0 Å². The molecule has 0 spiro atoms. The van der Waals surface area contributed by atoms with Crippen molar-refractivity contribution in [3.63, 3.8) is 0 Å². The van der Waals surface area contributed by atoms with Crippen molar-refractivity contribution >= 4 is 34.5 Å². The van der Waals surface area contributed by atoms with E-state index < -0.39 is 5.91 Å². The Hall–Kier alpha value is -3.16. The highest BCUT2D eigenvalue weighted by atomic mass is 16.1. The van der Waals surface area contributed by atoms with E-state index in [0.29, 0.717) is 28.2 Å². The van der Waals surface area contributed by atoms with Crippen LogP contribution in [0.25, 0.3) is 11.2 Å². The van der Waals surface area contributed by atoms with Crippen LogP contribution in [0.3, 0.4) is 0 Å². The molecule has 0 bridgehead atoms. The number of anilines is 3. The summed E-state index contributed by atoms with van der Waals surface area (Å²) in [6.45, 7) is 0. The fourth-order valence-electron chi connectivity index (χ4n) is 1.83. The third-order valence-corrected chi connectivity index (χ3v) is 2.71. The van der Waals surface area contributed by atoms with Crippen LogP contribution in [0.1, 0.15) is 10.4 Å². The highest BCUT2D eigenvalue weighted by Crippen LogP contribution is 2.22. The summed E-state index contributed by atoms with van der Waals surface area (Å²) in [7, 11) is 0. The number of nitrogens with two attached hydrogens (primary N) is 2. The molecule has 3 aromatic rings. The molecule has 0 saturated carbocycles. The molecule has 1 aromatic carbocycles. The second-order valence-electron chi connectivity index (χ2n) is 4.10. The van der Waals surface area contributed by atoms with Gasteiger partial charge in [-0.05, 0) is 18.2 Å². The zero-order valence-corrected chi connectivity index (χ0v) is 10.3. The number of hydrogen-bond acceptors (Lipinski definition) is 6. The van der Waals surface area contributed by atoms with E-state index in [1.165, 1.54) is 6.33 Å². The fraction of sp³-hybridized carbons (Fsp3) is 0. The second-order valence-corrected chi connectivity index (χ2v) is 4.10. The van der Waals surface area contributed by atoms with Gasteiger partial charge in [0.25, 0.3) is 0 Å². The van der Waals surface area contributed by atoms with Crippen molar-refractivity contribution in [1.82, 2.24) is 19.9 Å². The maximum atomic E-state index is 11.2. The Kier molecular flexibility index (Phi) is 2.68. The Balaban J connectivity index is 2.02. The van der Waals surface area contributed by atoms with E-state index in [2.05, 4.69) is 25.3 Å². The normalized spacial score (nSPS) is 10.6. The van der Waals surface area contributed by atoms with E-state index in [-0.39, 0.29) is 5.95 Å². The number of nitrogens with zero attached hydrogens (tertiary/aromatic N) is 3. The minimum absolute atomic E-state index is 0.109. The summed E-state index contributed by atoms with van der Waals surface area (Å²) in [6, 6.07) is 6.76. The number of hydrogen-bond donors (Lipinski definition) is 4. The third kappa shape index (κ3) is 2.09. The number of fused-ring (bicyclic) bond motifs is 1. The Labute approximate surface area is 113 Å². The minimum atomic E-state index is -0.498. The average molecular weight is 269 g/mol. The lowest BCUT2D eigenvalue weighted by Gasteiger charge is -2.07. The second kappa shape index (κ2) is 4.50. The van der Waals surface area contributed by atoms with Gasteiger partial charge in [0.1, 0.15) is 5.52 Å². The lowest BCUT2D eigenvalue weighted by Crippen LogP contribution is -2.11. The Morgan fingerprint density at radius 1 is 1.30 bits per heavy atom. The first-order chi connectivity index (χ1) is 9.63. The summed E-state index contributed by atoms with van der Waals surface area (Å²) in [4.78, 5) is 26.2. The number of primary amides is 1. The number of aromatic amines is 1. The molecular weight excluding hydrogens is 258 g/mol. The summed E-state index contributed by atoms with van der Waals surface area (Å²) in [5.74, 6) is 0.0901. The molecule has 0 fully saturated rings. The lowest BCUT2D eigenvalue weighted by molar-refractivity contribution is 0.100. The molecule has 2 heterocycles. The Bertz CT molecular complexity index is 795. The van der Waals surface area contributed by atoms with Crippen LogP contribution in [0.2, 0.25) is 0 Å². The standard InChI is InChI=1S/C12H11N7O/c13-9(20)6-2-1-3-7(4-6)17-11-8-10(16-5-15-8)18-12(14)19-11/h1-5H,(H2,13,20)(H4,14,15,16,17,18,19). The van der Waals surface area contributed by atoms with Crippen molar-refractivity contribution in [2.24, 2.45) is 5.73 Å². The number of nitrogen functional groups attached to an aromatic ring is 1. The maximum absolute atomic E-state index is 11.2. The number of benzene rings is 1. The molecule has 0 radical (unpaired) electrons. The maximum Gasteiger partial charge on any atom is 0.248 e. The zero-order valence-electron chi connectivity index (χ0n) is 10.3. The molecule has 8 heteroatoms. The van der Waals surface area contributed by atoms with Crippen LogP contribution in [0.5, 0.6) is 0 Å². The number of H-pyrrole nitrogens is 1. The molecule has 100 valence electrons. The van der Waals surface area contributed by atoms with Gasteiger partial charge in [0.2, 0.25) is 11.9 Å². The van der Waals surface area contributed by atoms with Crippen LogP contribution in [0, 0.1) is 0 Å². The number of imidazole rings is 1. The van der Waals surface area contributed by atoms with E-state index >= 15 is 0 Å². The number of amides is 1. The van der Waals surface area contributed by atoms with Gasteiger partial charge in [-0.3, -0.25) is 4.79 Å². The van der Waals surface area contributed by atoms with Crippen LogP contribution in [0.15, 0.2) is 30.6 Å². The first-order valence-corrected chi connectivity index (χ1v) is 5.77. The van der Waals surface area contributed by atoms with Crippen LogP contribution >= 0.6 is 0 Å². The van der Waals surface area contributed by atoms with Crippen molar-refractivity contribution < 1.29 is 4.79 Å². The molecular formula is C12H11N7O. The van der Waals surface area contributed by atoms with Crippen molar-refractivity contribution in [2.75, 3.05) is 11.1 Å². The third-order valence-electron chi connectivity index (χ3n) is 2.71. The van der Waals surface area contributed by atoms with Gasteiger partial charge >= 0.3 is 0 Å². The largest absolute Gasteiger partial charge is 0.368 e. The van der Waals surface area contributed by atoms with Gasteiger partial charge in [0.05, 0.1) is 6.33 Å². The van der Waals surface area contributed by atoms with Crippen LogP contribution < -0.4 is 16.8 Å². The zero-order chi connectivity index (χ0) is 14.1. The Morgan fingerprint density at radius 3 is 2.95 bits per heavy atom. The molecule has 0 unspecified atom stereocenters. The predicted molar refractivity (Wildman–Crippen MR) is 74.3 cm³/mol. The molecule has 6 N–H and O–H groups in total. The topological polar surface area (TPSA) is 136 Å². The van der Waals surface area contributed by atoms with E-state index in [1.54, 1.807) is 24.3 Å². The molecule has 1 amide bonds.